The Kier molecular flexibility index (Phi) is 3.77. The second-order valence-corrected chi connectivity index (χ2v) is 5.60. The molecule has 1 aromatic carbocycles. The fourth-order valence-corrected chi connectivity index (χ4v) is 2.27. The van der Waals surface area contributed by atoms with Gasteiger partial charge in [0, 0.05) is 10.7 Å². The lowest BCUT2D eigenvalue weighted by Gasteiger charge is -2.07. The van der Waals surface area contributed by atoms with Gasteiger partial charge in [-0.3, -0.25) is 4.79 Å². The number of rotatable bonds is 4. The fourth-order valence-electron chi connectivity index (χ4n) is 1.22. The minimum atomic E-state index is -3.91. The molecule has 0 aliphatic heterocycles. The standard InChI is InChI=1S/C9H10ClNO4S/c1-15-7-3-2-6(5-9(11)12)4-8(7)16(10,13)14/h2-4H,5H2,1H3,(H2,11,12). The normalized spacial score (nSPS) is 11.1. The van der Waals surface area contributed by atoms with E-state index in [0.717, 1.165) is 0 Å². The first-order valence-electron chi connectivity index (χ1n) is 4.24. The van der Waals surface area contributed by atoms with Crippen LogP contribution in [0, 0.1) is 0 Å². The summed E-state index contributed by atoms with van der Waals surface area (Å²) in [5, 5.41) is 0. The zero-order chi connectivity index (χ0) is 12.3. The molecule has 0 aromatic heterocycles. The number of nitrogens with two attached hydrogens (primary N) is 1. The molecular weight excluding hydrogens is 254 g/mol. The summed E-state index contributed by atoms with van der Waals surface area (Å²) in [7, 11) is 2.65. The third-order valence-electron chi connectivity index (χ3n) is 1.87. The van der Waals surface area contributed by atoms with Crippen LogP contribution in [0.2, 0.25) is 0 Å². The van der Waals surface area contributed by atoms with Crippen molar-refractivity contribution in [2.75, 3.05) is 7.11 Å². The fraction of sp³-hybridized carbons (Fsp3) is 0.222. The van der Waals surface area contributed by atoms with Crippen LogP contribution in [-0.4, -0.2) is 21.4 Å². The van der Waals surface area contributed by atoms with Crippen molar-refractivity contribution in [2.24, 2.45) is 5.73 Å². The van der Waals surface area contributed by atoms with Crippen LogP contribution in [0.4, 0.5) is 0 Å². The number of ether oxygens (including phenoxy) is 1. The molecule has 1 rings (SSSR count). The zero-order valence-corrected chi connectivity index (χ0v) is 10.0. The van der Waals surface area contributed by atoms with E-state index in [4.69, 9.17) is 21.2 Å². The van der Waals surface area contributed by atoms with Gasteiger partial charge in [-0.2, -0.15) is 0 Å². The van der Waals surface area contributed by atoms with Crippen molar-refractivity contribution >= 4 is 25.6 Å². The van der Waals surface area contributed by atoms with Gasteiger partial charge in [0.15, 0.2) is 0 Å². The number of carbonyl (C=O) groups is 1. The SMILES string of the molecule is COc1ccc(CC(N)=O)cc1S(=O)(=O)Cl. The second-order valence-electron chi connectivity index (χ2n) is 3.07. The predicted octanol–water partition coefficient (Wildman–Crippen LogP) is 0.650. The Bertz CT molecular complexity index is 512. The molecule has 0 unspecified atom stereocenters. The zero-order valence-electron chi connectivity index (χ0n) is 8.44. The second kappa shape index (κ2) is 4.71. The summed E-state index contributed by atoms with van der Waals surface area (Å²) in [5.41, 5.74) is 5.47. The minimum absolute atomic E-state index is 0.0522. The Morgan fingerprint density at radius 3 is 2.56 bits per heavy atom. The molecule has 88 valence electrons. The number of benzene rings is 1. The van der Waals surface area contributed by atoms with Gasteiger partial charge in [0.1, 0.15) is 10.6 Å². The van der Waals surface area contributed by atoms with Crippen LogP contribution in [0.5, 0.6) is 5.75 Å². The number of primary amides is 1. The van der Waals surface area contributed by atoms with E-state index in [0.29, 0.717) is 5.56 Å². The summed E-state index contributed by atoms with van der Waals surface area (Å²) in [5.74, 6) is -0.425. The smallest absolute Gasteiger partial charge is 0.264 e. The number of carbonyl (C=O) groups excluding carboxylic acids is 1. The molecule has 2 N–H and O–H groups in total. The summed E-state index contributed by atoms with van der Waals surface area (Å²) in [4.78, 5) is 10.5. The van der Waals surface area contributed by atoms with Crippen LogP contribution in [0.1, 0.15) is 5.56 Å². The lowest BCUT2D eigenvalue weighted by molar-refractivity contribution is -0.117. The molecular formula is C9H10ClNO4S. The van der Waals surface area contributed by atoms with Crippen LogP contribution in [0.25, 0.3) is 0 Å². The van der Waals surface area contributed by atoms with Gasteiger partial charge in [-0.05, 0) is 17.7 Å². The van der Waals surface area contributed by atoms with Gasteiger partial charge in [0.05, 0.1) is 13.5 Å². The molecule has 16 heavy (non-hydrogen) atoms. The summed E-state index contributed by atoms with van der Waals surface area (Å²) >= 11 is 0. The van der Waals surface area contributed by atoms with Gasteiger partial charge in [0.25, 0.3) is 9.05 Å². The molecule has 7 heteroatoms. The maximum absolute atomic E-state index is 11.2. The molecule has 0 spiro atoms. The average Bonchev–Trinajstić information content (AvgIpc) is 2.15. The highest BCUT2D eigenvalue weighted by atomic mass is 35.7. The highest BCUT2D eigenvalue weighted by Gasteiger charge is 2.17. The Morgan fingerprint density at radius 2 is 2.12 bits per heavy atom. The predicted molar refractivity (Wildman–Crippen MR) is 58.9 cm³/mol. The quantitative estimate of drug-likeness (QED) is 0.808. The molecule has 0 fully saturated rings. The van der Waals surface area contributed by atoms with Gasteiger partial charge in [-0.1, -0.05) is 6.07 Å². The summed E-state index contributed by atoms with van der Waals surface area (Å²) in [6, 6.07) is 4.24. The van der Waals surface area contributed by atoms with E-state index in [1.807, 2.05) is 0 Å². The molecule has 1 aromatic rings. The molecule has 1 amide bonds. The van der Waals surface area contributed by atoms with Crippen molar-refractivity contribution in [3.8, 4) is 5.75 Å². The van der Waals surface area contributed by atoms with E-state index >= 15 is 0 Å². The van der Waals surface area contributed by atoms with Gasteiger partial charge in [0.2, 0.25) is 5.91 Å². The molecule has 0 atom stereocenters. The largest absolute Gasteiger partial charge is 0.495 e. The number of hydrogen-bond donors (Lipinski definition) is 1. The highest BCUT2D eigenvalue weighted by molar-refractivity contribution is 8.13. The Hall–Kier alpha value is -1.27. The van der Waals surface area contributed by atoms with Crippen molar-refractivity contribution in [3.63, 3.8) is 0 Å². The Labute approximate surface area is 97.6 Å². The molecule has 0 aliphatic carbocycles. The van der Waals surface area contributed by atoms with E-state index in [-0.39, 0.29) is 17.1 Å². The summed E-state index contributed by atoms with van der Waals surface area (Å²) in [6.07, 6.45) is -0.0522. The summed E-state index contributed by atoms with van der Waals surface area (Å²) in [6.45, 7) is 0. The average molecular weight is 264 g/mol. The molecule has 0 radical (unpaired) electrons. The van der Waals surface area contributed by atoms with Crippen LogP contribution in [0.3, 0.4) is 0 Å². The van der Waals surface area contributed by atoms with Crippen molar-refractivity contribution in [2.45, 2.75) is 11.3 Å². The third-order valence-corrected chi connectivity index (χ3v) is 3.21. The van der Waals surface area contributed by atoms with E-state index in [2.05, 4.69) is 0 Å². The topological polar surface area (TPSA) is 86.5 Å². The van der Waals surface area contributed by atoms with Crippen molar-refractivity contribution in [1.82, 2.24) is 0 Å². The van der Waals surface area contributed by atoms with E-state index < -0.39 is 15.0 Å². The summed E-state index contributed by atoms with van der Waals surface area (Å²) < 4.78 is 27.3. The van der Waals surface area contributed by atoms with Crippen LogP contribution >= 0.6 is 10.7 Å². The first-order valence-corrected chi connectivity index (χ1v) is 6.55. The third kappa shape index (κ3) is 3.11. The molecule has 0 bridgehead atoms. The lowest BCUT2D eigenvalue weighted by atomic mass is 10.1. The van der Waals surface area contributed by atoms with Crippen LogP contribution < -0.4 is 10.5 Å². The van der Waals surface area contributed by atoms with Gasteiger partial charge in [-0.15, -0.1) is 0 Å². The van der Waals surface area contributed by atoms with Gasteiger partial charge in [-0.25, -0.2) is 8.42 Å². The molecule has 0 saturated heterocycles. The number of amides is 1. The van der Waals surface area contributed by atoms with Crippen LogP contribution in [-0.2, 0) is 20.3 Å². The number of methoxy groups -OCH3 is 1. The maximum atomic E-state index is 11.2. The first-order chi connectivity index (χ1) is 7.34. The Morgan fingerprint density at radius 1 is 1.50 bits per heavy atom. The van der Waals surface area contributed by atoms with Crippen molar-refractivity contribution in [3.05, 3.63) is 23.8 Å². The minimum Gasteiger partial charge on any atom is -0.495 e. The lowest BCUT2D eigenvalue weighted by Crippen LogP contribution is -2.13. The first kappa shape index (κ1) is 12.8. The number of halogens is 1. The van der Waals surface area contributed by atoms with Gasteiger partial charge >= 0.3 is 0 Å². The maximum Gasteiger partial charge on any atom is 0.264 e. The molecule has 0 heterocycles. The van der Waals surface area contributed by atoms with E-state index in [9.17, 15) is 13.2 Å². The highest BCUT2D eigenvalue weighted by Crippen LogP contribution is 2.27. The van der Waals surface area contributed by atoms with E-state index in [1.165, 1.54) is 19.2 Å². The van der Waals surface area contributed by atoms with Crippen LogP contribution in [0.15, 0.2) is 23.1 Å². The van der Waals surface area contributed by atoms with Crippen molar-refractivity contribution in [1.29, 1.82) is 0 Å². The monoisotopic (exact) mass is 263 g/mol. The van der Waals surface area contributed by atoms with E-state index in [1.54, 1.807) is 6.07 Å². The Balaban J connectivity index is 3.27. The van der Waals surface area contributed by atoms with Crippen molar-refractivity contribution < 1.29 is 17.9 Å². The van der Waals surface area contributed by atoms with Gasteiger partial charge < -0.3 is 10.5 Å². The molecule has 5 nitrogen and oxygen atoms in total. The molecule has 0 saturated carbocycles. The number of hydrogen-bond acceptors (Lipinski definition) is 4. The molecule has 0 aliphatic rings.